The Morgan fingerprint density at radius 3 is 2.41 bits per heavy atom. The molecule has 0 N–H and O–H groups in total. The Morgan fingerprint density at radius 2 is 1.76 bits per heavy atom. The largest absolute Gasteiger partial charge is 4.00 e. The fourth-order valence-electron chi connectivity index (χ4n) is 3.25. The molecule has 0 spiro atoms. The first-order valence-electron chi connectivity index (χ1n) is 9.20. The van der Waals surface area contributed by atoms with Gasteiger partial charge in [0.1, 0.15) is 0 Å². The molecule has 1 aromatic heterocycles. The summed E-state index contributed by atoms with van der Waals surface area (Å²) in [5.41, 5.74) is 3.54. The fraction of sp³-hybridized carbons (Fsp3) is 0.167. The third-order valence-corrected chi connectivity index (χ3v) is 4.57. The first-order valence-corrected chi connectivity index (χ1v) is 9.20. The average molecular weight is 501 g/mol. The monoisotopic (exact) mass is 498 g/mol. The van der Waals surface area contributed by atoms with Crippen molar-refractivity contribution in [3.8, 4) is 5.69 Å². The van der Waals surface area contributed by atoms with Crippen molar-refractivity contribution in [1.29, 1.82) is 0 Å². The molecule has 1 heterocycles. The van der Waals surface area contributed by atoms with Gasteiger partial charge in [-0.1, -0.05) is 44.0 Å². The van der Waals surface area contributed by atoms with Crippen LogP contribution in [0.25, 0.3) is 27.4 Å². The van der Waals surface area contributed by atoms with Gasteiger partial charge in [0, 0.05) is 11.6 Å². The topological polar surface area (TPSA) is 17.8 Å². The van der Waals surface area contributed by atoms with Gasteiger partial charge in [-0.05, 0) is 11.8 Å². The van der Waals surface area contributed by atoms with E-state index in [1.165, 1.54) is 34.6 Å². The number of rotatable bonds is 3. The second-order valence-electron chi connectivity index (χ2n) is 6.53. The summed E-state index contributed by atoms with van der Waals surface area (Å²) < 4.78 is 1.95. The second-order valence-corrected chi connectivity index (χ2v) is 6.53. The molecule has 0 radical (unpaired) electrons. The molecule has 146 valence electrons. The van der Waals surface area contributed by atoms with E-state index < -0.39 is 0 Å². The number of hydrogen-bond donors (Lipinski definition) is 0. The summed E-state index contributed by atoms with van der Waals surface area (Å²) in [5, 5.41) is 8.28. The van der Waals surface area contributed by atoms with E-state index in [4.69, 9.17) is 0 Å². The maximum absolute atomic E-state index is 4.59. The quantitative estimate of drug-likeness (QED) is 0.372. The Labute approximate surface area is 204 Å². The van der Waals surface area contributed by atoms with Crippen LogP contribution in [0.3, 0.4) is 0 Å². The van der Waals surface area contributed by atoms with Gasteiger partial charge >= 0.3 is 26.2 Å². The van der Waals surface area contributed by atoms with Crippen molar-refractivity contribution in [2.75, 3.05) is 0 Å². The molecular weight excluding hydrogens is 478 g/mol. The van der Waals surface area contributed by atoms with Crippen LogP contribution in [0.5, 0.6) is 0 Å². The van der Waals surface area contributed by atoms with Gasteiger partial charge < -0.3 is 24.8 Å². The third-order valence-electron chi connectivity index (χ3n) is 4.57. The number of fused-ring (bicyclic) bond motifs is 2. The summed E-state index contributed by atoms with van der Waals surface area (Å²) >= 11 is 0. The summed E-state index contributed by atoms with van der Waals surface area (Å²) in [6.07, 6.45) is 13.1. The van der Waals surface area contributed by atoms with Crippen LogP contribution in [-0.4, -0.2) is 9.78 Å². The number of nitrogens with zero attached hydrogens (tertiary/aromatic N) is 2. The minimum Gasteiger partial charge on any atom is -1.00 e. The van der Waals surface area contributed by atoms with Crippen LogP contribution < -0.4 is 24.8 Å². The molecule has 0 fully saturated rings. The van der Waals surface area contributed by atoms with Gasteiger partial charge in [0.25, 0.3) is 0 Å². The molecule has 0 saturated heterocycles. The predicted octanol–water partition coefficient (Wildman–Crippen LogP) is 0.379. The van der Waals surface area contributed by atoms with Crippen molar-refractivity contribution in [2.45, 2.75) is 26.2 Å². The van der Waals surface area contributed by atoms with Crippen LogP contribution in [0.4, 0.5) is 0 Å². The van der Waals surface area contributed by atoms with E-state index in [1.807, 2.05) is 22.9 Å². The molecule has 1 aliphatic carbocycles. The Kier molecular flexibility index (Phi) is 10.7. The molecular formula is C24H22Cl2N2Zr. The molecule has 5 heteroatoms. The van der Waals surface area contributed by atoms with Gasteiger partial charge in [0.2, 0.25) is 0 Å². The van der Waals surface area contributed by atoms with Crippen LogP contribution in [0.1, 0.15) is 26.2 Å². The summed E-state index contributed by atoms with van der Waals surface area (Å²) in [6, 6.07) is 20.9. The van der Waals surface area contributed by atoms with Crippen LogP contribution >= 0.6 is 0 Å². The van der Waals surface area contributed by atoms with E-state index in [-0.39, 0.29) is 51.0 Å². The summed E-state index contributed by atoms with van der Waals surface area (Å²) in [7, 11) is 0. The SMILES string of the molecule is CCCC1=[C-]CC=C1.[Cl-].[Cl-].[Zr+4].c1ccc2[cH-]c(-n3cc4ccccc4n3)cc2c1. The first kappa shape index (κ1) is 25.5. The van der Waals surface area contributed by atoms with Gasteiger partial charge in [0.05, 0.1) is 5.52 Å². The Hall–Kier alpha value is -1.54. The molecule has 4 aromatic rings. The summed E-state index contributed by atoms with van der Waals surface area (Å²) in [4.78, 5) is 0. The molecule has 29 heavy (non-hydrogen) atoms. The van der Waals surface area contributed by atoms with Gasteiger partial charge in [-0.2, -0.15) is 11.2 Å². The zero-order valence-corrected chi connectivity index (χ0v) is 20.2. The van der Waals surface area contributed by atoms with Crippen molar-refractivity contribution in [3.05, 3.63) is 90.7 Å². The standard InChI is InChI=1S/C16H11N2.C8H11.2ClH.Zr/c1-2-6-13-10-15(9-12(13)5-1)18-11-14-7-3-4-8-16(14)17-18;1-2-5-8-6-3-4-7-8;;;/h1-11H;3,6H,2,4-5H2,1H3;2*1H;/q2*-1;;;+4/p-2. The predicted molar refractivity (Wildman–Crippen MR) is 110 cm³/mol. The normalized spacial score (nSPS) is 11.7. The number of halogens is 2. The van der Waals surface area contributed by atoms with Gasteiger partial charge in [-0.25, -0.2) is 11.6 Å². The molecule has 0 bridgehead atoms. The number of allylic oxidation sites excluding steroid dienone is 4. The van der Waals surface area contributed by atoms with Crippen molar-refractivity contribution in [1.82, 2.24) is 9.78 Å². The zero-order chi connectivity index (χ0) is 17.8. The molecule has 0 unspecified atom stereocenters. The number of aromatic nitrogens is 2. The van der Waals surface area contributed by atoms with E-state index in [0.717, 1.165) is 17.6 Å². The maximum atomic E-state index is 4.59. The molecule has 0 amide bonds. The number of hydrogen-bond acceptors (Lipinski definition) is 1. The van der Waals surface area contributed by atoms with Crippen LogP contribution in [0, 0.1) is 6.08 Å². The molecule has 0 saturated carbocycles. The smallest absolute Gasteiger partial charge is 1.00 e. The molecule has 0 aliphatic heterocycles. The Morgan fingerprint density at radius 1 is 1.03 bits per heavy atom. The van der Waals surface area contributed by atoms with Crippen LogP contribution in [-0.2, 0) is 26.2 Å². The summed E-state index contributed by atoms with van der Waals surface area (Å²) in [5.74, 6) is 0. The van der Waals surface area contributed by atoms with Gasteiger partial charge in [-0.3, -0.25) is 10.8 Å². The fourth-order valence-corrected chi connectivity index (χ4v) is 3.25. The molecule has 5 rings (SSSR count). The Balaban J connectivity index is 0.000000332. The minimum absolute atomic E-state index is 0. The molecule has 1 aliphatic rings. The van der Waals surface area contributed by atoms with Gasteiger partial charge in [-0.15, -0.1) is 47.5 Å². The van der Waals surface area contributed by atoms with E-state index in [2.05, 4.69) is 78.9 Å². The van der Waals surface area contributed by atoms with Gasteiger partial charge in [0.15, 0.2) is 0 Å². The Bertz CT molecular complexity index is 954. The van der Waals surface area contributed by atoms with E-state index >= 15 is 0 Å². The summed E-state index contributed by atoms with van der Waals surface area (Å²) in [6.45, 7) is 2.20. The van der Waals surface area contributed by atoms with Crippen molar-refractivity contribution < 1.29 is 51.0 Å². The van der Waals surface area contributed by atoms with Crippen molar-refractivity contribution >= 4 is 21.7 Å². The van der Waals surface area contributed by atoms with E-state index in [1.54, 1.807) is 0 Å². The molecule has 3 aromatic carbocycles. The van der Waals surface area contributed by atoms with Crippen molar-refractivity contribution in [3.63, 3.8) is 0 Å². The minimum atomic E-state index is 0. The zero-order valence-electron chi connectivity index (χ0n) is 16.3. The van der Waals surface area contributed by atoms with Crippen molar-refractivity contribution in [2.24, 2.45) is 0 Å². The third kappa shape index (κ3) is 6.22. The van der Waals surface area contributed by atoms with E-state index in [0.29, 0.717) is 0 Å². The first-order chi connectivity index (χ1) is 12.8. The molecule has 2 nitrogen and oxygen atoms in total. The maximum Gasteiger partial charge on any atom is 4.00 e. The number of benzene rings is 2. The van der Waals surface area contributed by atoms with Crippen LogP contribution in [0.2, 0.25) is 0 Å². The molecule has 0 atom stereocenters. The van der Waals surface area contributed by atoms with E-state index in [9.17, 15) is 0 Å². The van der Waals surface area contributed by atoms with Crippen LogP contribution in [0.15, 0.2) is 84.6 Å². The average Bonchev–Trinajstić information content (AvgIpc) is 3.40. The second kappa shape index (κ2) is 12.2.